The zero-order valence-electron chi connectivity index (χ0n) is 5.87. The van der Waals surface area contributed by atoms with Crippen molar-refractivity contribution in [3.05, 3.63) is 33.6 Å². The molecule has 1 nitrogen and oxygen atoms in total. The van der Waals surface area contributed by atoms with Crippen LogP contribution >= 0.6 is 27.5 Å². The summed E-state index contributed by atoms with van der Waals surface area (Å²) in [6.07, 6.45) is 1.68. The number of H-pyrrole nitrogens is 1. The van der Waals surface area contributed by atoms with Gasteiger partial charge in [-0.2, -0.15) is 0 Å². The third kappa shape index (κ3) is 1.04. The number of fused-ring (bicyclic) bond motifs is 1. The van der Waals surface area contributed by atoms with Crippen molar-refractivity contribution in [2.45, 2.75) is 0 Å². The molecule has 0 aliphatic heterocycles. The van der Waals surface area contributed by atoms with Gasteiger partial charge in [0.05, 0.1) is 10.5 Å². The molecule has 0 radical (unpaired) electrons. The number of benzene rings is 1. The first kappa shape index (κ1) is 8.08. The van der Waals surface area contributed by atoms with E-state index in [2.05, 4.69) is 20.9 Å². The Morgan fingerprint density at radius 3 is 3.00 bits per heavy atom. The fourth-order valence-corrected chi connectivity index (χ4v) is 1.77. The smallest absolute Gasteiger partial charge is 0.148 e. The van der Waals surface area contributed by atoms with E-state index in [1.54, 1.807) is 12.3 Å². The summed E-state index contributed by atoms with van der Waals surface area (Å²) in [5.74, 6) is -0.330. The molecule has 0 saturated heterocycles. The lowest BCUT2D eigenvalue weighted by atomic mass is 10.2. The summed E-state index contributed by atoms with van der Waals surface area (Å²) >= 11 is 9.02. The molecule has 0 aliphatic rings. The Morgan fingerprint density at radius 1 is 1.50 bits per heavy atom. The summed E-state index contributed by atoms with van der Waals surface area (Å²) in [7, 11) is 0. The van der Waals surface area contributed by atoms with Gasteiger partial charge in [0, 0.05) is 16.1 Å². The minimum Gasteiger partial charge on any atom is -0.359 e. The highest BCUT2D eigenvalue weighted by Crippen LogP contribution is 2.32. The molecule has 0 spiro atoms. The van der Waals surface area contributed by atoms with Crippen LogP contribution in [0.25, 0.3) is 10.9 Å². The minimum atomic E-state index is -0.330. The molecular weight excluding hydrogens is 244 g/mol. The molecule has 0 bridgehead atoms. The predicted molar refractivity (Wildman–Crippen MR) is 51.0 cm³/mol. The van der Waals surface area contributed by atoms with Gasteiger partial charge in [-0.15, -0.1) is 0 Å². The van der Waals surface area contributed by atoms with Crippen molar-refractivity contribution in [2.24, 2.45) is 0 Å². The molecule has 0 saturated carbocycles. The maximum absolute atomic E-state index is 13.1. The van der Waals surface area contributed by atoms with Gasteiger partial charge in [0.1, 0.15) is 5.82 Å². The molecule has 12 heavy (non-hydrogen) atoms. The van der Waals surface area contributed by atoms with Crippen LogP contribution < -0.4 is 0 Å². The molecule has 4 heteroatoms. The standard InChI is InChI=1S/C8H4BrClFN/c9-7-4-1-2-12-8(4)6(11)3-5(7)10/h1-3,12H. The highest BCUT2D eigenvalue weighted by atomic mass is 79.9. The van der Waals surface area contributed by atoms with Crippen molar-refractivity contribution < 1.29 is 4.39 Å². The van der Waals surface area contributed by atoms with Gasteiger partial charge in [-0.1, -0.05) is 11.6 Å². The Bertz CT molecular complexity index is 438. The van der Waals surface area contributed by atoms with E-state index in [1.807, 2.05) is 0 Å². The van der Waals surface area contributed by atoms with Crippen LogP contribution in [0.15, 0.2) is 22.8 Å². The largest absolute Gasteiger partial charge is 0.359 e. The van der Waals surface area contributed by atoms with E-state index in [0.717, 1.165) is 9.86 Å². The van der Waals surface area contributed by atoms with Crippen LogP contribution in [-0.4, -0.2) is 4.98 Å². The number of nitrogens with one attached hydrogen (secondary N) is 1. The lowest BCUT2D eigenvalue weighted by Crippen LogP contribution is -1.79. The maximum atomic E-state index is 13.1. The van der Waals surface area contributed by atoms with Crippen LogP contribution in [-0.2, 0) is 0 Å². The predicted octanol–water partition coefficient (Wildman–Crippen LogP) is 3.72. The second-order valence-corrected chi connectivity index (χ2v) is 3.62. The Labute approximate surface area is 81.7 Å². The molecule has 1 heterocycles. The molecule has 2 rings (SSSR count). The van der Waals surface area contributed by atoms with Crippen LogP contribution in [0.3, 0.4) is 0 Å². The van der Waals surface area contributed by atoms with Crippen LogP contribution in [0, 0.1) is 5.82 Å². The van der Waals surface area contributed by atoms with E-state index in [-0.39, 0.29) is 5.82 Å². The summed E-state index contributed by atoms with van der Waals surface area (Å²) in [6, 6.07) is 3.05. The number of hydrogen-bond acceptors (Lipinski definition) is 0. The number of rotatable bonds is 0. The van der Waals surface area contributed by atoms with Crippen molar-refractivity contribution in [3.63, 3.8) is 0 Å². The number of hydrogen-bond donors (Lipinski definition) is 1. The van der Waals surface area contributed by atoms with Crippen molar-refractivity contribution in [1.29, 1.82) is 0 Å². The van der Waals surface area contributed by atoms with E-state index in [4.69, 9.17) is 11.6 Å². The average Bonchev–Trinajstić information content (AvgIpc) is 2.48. The SMILES string of the molecule is Fc1cc(Cl)c(Br)c2cc[nH]c12. The van der Waals surface area contributed by atoms with Crippen molar-refractivity contribution in [1.82, 2.24) is 4.98 Å². The topological polar surface area (TPSA) is 15.8 Å². The summed E-state index contributed by atoms with van der Waals surface area (Å²) in [6.45, 7) is 0. The first-order valence-electron chi connectivity index (χ1n) is 3.30. The highest BCUT2D eigenvalue weighted by molar-refractivity contribution is 9.10. The summed E-state index contributed by atoms with van der Waals surface area (Å²) < 4.78 is 13.8. The van der Waals surface area contributed by atoms with Crippen LogP contribution in [0.4, 0.5) is 4.39 Å². The van der Waals surface area contributed by atoms with Crippen molar-refractivity contribution >= 4 is 38.4 Å². The third-order valence-electron chi connectivity index (χ3n) is 1.69. The molecule has 1 aromatic carbocycles. The first-order chi connectivity index (χ1) is 5.70. The molecule has 2 aromatic rings. The van der Waals surface area contributed by atoms with Gasteiger partial charge >= 0.3 is 0 Å². The average molecular weight is 248 g/mol. The van der Waals surface area contributed by atoms with Gasteiger partial charge in [-0.05, 0) is 28.1 Å². The van der Waals surface area contributed by atoms with Crippen LogP contribution in [0.1, 0.15) is 0 Å². The van der Waals surface area contributed by atoms with Gasteiger partial charge in [0.2, 0.25) is 0 Å². The zero-order chi connectivity index (χ0) is 8.72. The normalized spacial score (nSPS) is 10.9. The van der Waals surface area contributed by atoms with Gasteiger partial charge in [0.25, 0.3) is 0 Å². The van der Waals surface area contributed by atoms with Gasteiger partial charge < -0.3 is 4.98 Å². The Morgan fingerprint density at radius 2 is 2.25 bits per heavy atom. The van der Waals surface area contributed by atoms with E-state index < -0.39 is 0 Å². The summed E-state index contributed by atoms with van der Waals surface area (Å²) in [4.78, 5) is 2.79. The van der Waals surface area contributed by atoms with Gasteiger partial charge in [-0.3, -0.25) is 0 Å². The molecule has 0 atom stereocenters. The van der Waals surface area contributed by atoms with Crippen LogP contribution in [0.5, 0.6) is 0 Å². The fourth-order valence-electron chi connectivity index (χ4n) is 1.13. The van der Waals surface area contributed by atoms with E-state index in [9.17, 15) is 4.39 Å². The Hall–Kier alpha value is -0.540. The molecule has 0 aliphatic carbocycles. The summed E-state index contributed by atoms with van der Waals surface area (Å²) in [5, 5.41) is 1.15. The number of aromatic nitrogens is 1. The molecule has 0 amide bonds. The molecule has 62 valence electrons. The number of halogens is 3. The molecule has 1 aromatic heterocycles. The first-order valence-corrected chi connectivity index (χ1v) is 4.48. The van der Waals surface area contributed by atoms with Gasteiger partial charge in [0.15, 0.2) is 0 Å². The Balaban J connectivity index is 2.97. The Kier molecular flexibility index (Phi) is 1.85. The van der Waals surface area contributed by atoms with Crippen molar-refractivity contribution in [2.75, 3.05) is 0 Å². The van der Waals surface area contributed by atoms with E-state index >= 15 is 0 Å². The molecule has 0 fully saturated rings. The second kappa shape index (κ2) is 2.75. The van der Waals surface area contributed by atoms with Crippen LogP contribution in [0.2, 0.25) is 5.02 Å². The monoisotopic (exact) mass is 247 g/mol. The maximum Gasteiger partial charge on any atom is 0.148 e. The highest BCUT2D eigenvalue weighted by Gasteiger charge is 2.08. The lowest BCUT2D eigenvalue weighted by Gasteiger charge is -1.98. The quantitative estimate of drug-likeness (QED) is 0.684. The molecule has 1 N–H and O–H groups in total. The van der Waals surface area contributed by atoms with E-state index in [1.165, 1.54) is 6.07 Å². The second-order valence-electron chi connectivity index (χ2n) is 2.42. The molecule has 0 unspecified atom stereocenters. The van der Waals surface area contributed by atoms with Crippen molar-refractivity contribution in [3.8, 4) is 0 Å². The fraction of sp³-hybridized carbons (Fsp3) is 0. The number of aromatic amines is 1. The van der Waals surface area contributed by atoms with Gasteiger partial charge in [-0.25, -0.2) is 4.39 Å². The molecular formula is C8H4BrClFN. The summed E-state index contributed by atoms with van der Waals surface area (Å²) in [5.41, 5.74) is 0.478. The lowest BCUT2D eigenvalue weighted by molar-refractivity contribution is 0.637. The third-order valence-corrected chi connectivity index (χ3v) is 3.07. The minimum absolute atomic E-state index is 0.330. The zero-order valence-corrected chi connectivity index (χ0v) is 8.21. The van der Waals surface area contributed by atoms with E-state index in [0.29, 0.717) is 10.5 Å².